The zero-order valence-electron chi connectivity index (χ0n) is 23.6. The second-order valence-electron chi connectivity index (χ2n) is 11.0. The summed E-state index contributed by atoms with van der Waals surface area (Å²) in [6.07, 6.45) is -0.321. The number of amidine groups is 2. The van der Waals surface area contributed by atoms with Crippen molar-refractivity contribution in [1.29, 1.82) is 0 Å². The Morgan fingerprint density at radius 2 is 1.18 bits per heavy atom. The average Bonchev–Trinajstić information content (AvgIpc) is 3.66. The fraction of sp³-hybridized carbons (Fsp3) is 0.0256. The molecule has 0 saturated heterocycles. The van der Waals surface area contributed by atoms with Gasteiger partial charge in [0.1, 0.15) is 34.3 Å². The summed E-state index contributed by atoms with van der Waals surface area (Å²) in [5, 5.41) is 7.80. The lowest BCUT2D eigenvalue weighted by atomic mass is 9.93. The molecule has 44 heavy (non-hydrogen) atoms. The zero-order chi connectivity index (χ0) is 29.0. The molecule has 8 aromatic rings. The largest absolute Gasteiger partial charge is 0.456 e. The molecule has 1 aliphatic rings. The third-order valence-electron chi connectivity index (χ3n) is 8.36. The van der Waals surface area contributed by atoms with Crippen molar-refractivity contribution < 1.29 is 8.83 Å². The highest BCUT2D eigenvalue weighted by atomic mass is 16.3. The number of aliphatic imine (C=N–C) groups is 2. The standard InChI is InChI=1S/C39H25N3O2/c1-3-11-24(12-4-1)37-40-38(25-13-5-2-6-14-25)42-39(41-37)36-27(21-22-33-35(36)30-16-8-10-18-32(30)43-33)26-19-20-29-28-15-7-9-17-31(28)44-34(29)23-26/h1-23,37H,(H,40,41,42). The van der Waals surface area contributed by atoms with Crippen molar-refractivity contribution in [3.8, 4) is 11.1 Å². The highest BCUT2D eigenvalue weighted by Gasteiger charge is 2.26. The number of furan rings is 2. The molecule has 0 saturated carbocycles. The Morgan fingerprint density at radius 1 is 0.523 bits per heavy atom. The second-order valence-corrected chi connectivity index (χ2v) is 11.0. The molecule has 1 unspecified atom stereocenters. The maximum absolute atomic E-state index is 6.37. The van der Waals surface area contributed by atoms with Crippen LogP contribution in [0.3, 0.4) is 0 Å². The summed E-state index contributed by atoms with van der Waals surface area (Å²) in [6.45, 7) is 0. The Kier molecular flexibility index (Phi) is 5.50. The van der Waals surface area contributed by atoms with Crippen LogP contribution < -0.4 is 5.32 Å². The smallest absolute Gasteiger partial charge is 0.160 e. The Balaban J connectivity index is 1.34. The number of rotatable bonds is 4. The third kappa shape index (κ3) is 3.94. The SMILES string of the molecule is c1ccc(C2=NC(c3c(-c4ccc5c(c4)oc4ccccc45)ccc4oc5ccccc5c34)=NC(c3ccccc3)N2)cc1. The molecule has 1 N–H and O–H groups in total. The van der Waals surface area contributed by atoms with Gasteiger partial charge in [-0.1, -0.05) is 103 Å². The number of hydrogen-bond acceptors (Lipinski definition) is 5. The van der Waals surface area contributed by atoms with Crippen LogP contribution in [0.25, 0.3) is 55.0 Å². The van der Waals surface area contributed by atoms with Crippen molar-refractivity contribution in [1.82, 2.24) is 5.32 Å². The minimum atomic E-state index is -0.321. The normalized spacial score (nSPS) is 15.0. The van der Waals surface area contributed by atoms with E-state index in [9.17, 15) is 0 Å². The predicted octanol–water partition coefficient (Wildman–Crippen LogP) is 9.65. The first kappa shape index (κ1) is 24.6. The number of benzene rings is 6. The monoisotopic (exact) mass is 567 g/mol. The molecule has 0 bridgehead atoms. The van der Waals surface area contributed by atoms with Crippen molar-refractivity contribution in [3.05, 3.63) is 156 Å². The first-order valence-electron chi connectivity index (χ1n) is 14.7. The van der Waals surface area contributed by atoms with E-state index in [1.165, 1.54) is 0 Å². The highest BCUT2D eigenvalue weighted by Crippen LogP contribution is 2.40. The van der Waals surface area contributed by atoms with Crippen LogP contribution in [-0.4, -0.2) is 11.7 Å². The van der Waals surface area contributed by atoms with E-state index in [0.29, 0.717) is 5.84 Å². The van der Waals surface area contributed by atoms with Crippen molar-refractivity contribution in [3.63, 3.8) is 0 Å². The lowest BCUT2D eigenvalue weighted by Gasteiger charge is -2.24. The van der Waals surface area contributed by atoms with Crippen molar-refractivity contribution >= 4 is 55.5 Å². The molecular weight excluding hydrogens is 542 g/mol. The number of nitrogens with one attached hydrogen (secondary N) is 1. The van der Waals surface area contributed by atoms with Crippen LogP contribution in [-0.2, 0) is 0 Å². The summed E-state index contributed by atoms with van der Waals surface area (Å²) < 4.78 is 12.7. The molecular formula is C39H25N3O2. The maximum atomic E-state index is 6.37. The van der Waals surface area contributed by atoms with Gasteiger partial charge in [-0.2, -0.15) is 0 Å². The first-order valence-corrected chi connectivity index (χ1v) is 14.7. The fourth-order valence-electron chi connectivity index (χ4n) is 6.29. The van der Waals surface area contributed by atoms with Gasteiger partial charge in [0.25, 0.3) is 0 Å². The molecule has 5 heteroatoms. The number of hydrogen-bond donors (Lipinski definition) is 1. The topological polar surface area (TPSA) is 63.0 Å². The summed E-state index contributed by atoms with van der Waals surface area (Å²) in [5.41, 5.74) is 8.36. The predicted molar refractivity (Wildman–Crippen MR) is 178 cm³/mol. The van der Waals surface area contributed by atoms with E-state index in [2.05, 4.69) is 72.0 Å². The van der Waals surface area contributed by atoms with Crippen LogP contribution in [0.1, 0.15) is 22.9 Å². The molecule has 208 valence electrons. The maximum Gasteiger partial charge on any atom is 0.160 e. The molecule has 0 radical (unpaired) electrons. The summed E-state index contributed by atoms with van der Waals surface area (Å²) >= 11 is 0. The van der Waals surface area contributed by atoms with Crippen LogP contribution in [0.2, 0.25) is 0 Å². The summed E-state index contributed by atoms with van der Waals surface area (Å²) in [7, 11) is 0. The van der Waals surface area contributed by atoms with Gasteiger partial charge < -0.3 is 14.2 Å². The van der Waals surface area contributed by atoms with Gasteiger partial charge in [-0.25, -0.2) is 9.98 Å². The molecule has 9 rings (SSSR count). The van der Waals surface area contributed by atoms with E-state index in [0.717, 1.165) is 77.5 Å². The van der Waals surface area contributed by atoms with E-state index in [-0.39, 0.29) is 6.17 Å². The molecule has 0 spiro atoms. The highest BCUT2D eigenvalue weighted by molar-refractivity contribution is 6.25. The number of para-hydroxylation sites is 2. The van der Waals surface area contributed by atoms with Gasteiger partial charge in [0, 0.05) is 32.7 Å². The number of fused-ring (bicyclic) bond motifs is 6. The Bertz CT molecular complexity index is 2420. The first-order chi connectivity index (χ1) is 21.8. The minimum absolute atomic E-state index is 0.321. The van der Waals surface area contributed by atoms with Crippen LogP contribution in [0.5, 0.6) is 0 Å². The van der Waals surface area contributed by atoms with E-state index in [1.54, 1.807) is 0 Å². The number of nitrogens with zero attached hydrogens (tertiary/aromatic N) is 2. The van der Waals surface area contributed by atoms with Gasteiger partial charge in [0.05, 0.1) is 0 Å². The lowest BCUT2D eigenvalue weighted by molar-refractivity contribution is 0.668. The molecule has 0 fully saturated rings. The van der Waals surface area contributed by atoms with E-state index in [4.69, 9.17) is 18.8 Å². The van der Waals surface area contributed by atoms with Crippen LogP contribution in [0.15, 0.2) is 158 Å². The van der Waals surface area contributed by atoms with E-state index >= 15 is 0 Å². The zero-order valence-corrected chi connectivity index (χ0v) is 23.6. The molecule has 2 aromatic heterocycles. The molecule has 1 aliphatic heterocycles. The Labute approximate surface area is 252 Å². The minimum Gasteiger partial charge on any atom is -0.456 e. The quantitative estimate of drug-likeness (QED) is 0.230. The van der Waals surface area contributed by atoms with Crippen molar-refractivity contribution in [2.75, 3.05) is 0 Å². The van der Waals surface area contributed by atoms with Crippen LogP contribution in [0, 0.1) is 0 Å². The fourth-order valence-corrected chi connectivity index (χ4v) is 6.29. The van der Waals surface area contributed by atoms with Gasteiger partial charge in [0.2, 0.25) is 0 Å². The molecule has 0 amide bonds. The molecule has 5 nitrogen and oxygen atoms in total. The second kappa shape index (κ2) is 9.82. The molecule has 3 heterocycles. The van der Waals surface area contributed by atoms with Gasteiger partial charge in [0.15, 0.2) is 5.84 Å². The van der Waals surface area contributed by atoms with Gasteiger partial charge in [-0.15, -0.1) is 0 Å². The molecule has 1 atom stereocenters. The Hall–Kier alpha value is -5.94. The van der Waals surface area contributed by atoms with Crippen LogP contribution >= 0.6 is 0 Å². The summed E-state index contributed by atoms with van der Waals surface area (Å²) in [6, 6.07) is 47.4. The van der Waals surface area contributed by atoms with Crippen molar-refractivity contribution in [2.45, 2.75) is 6.17 Å². The third-order valence-corrected chi connectivity index (χ3v) is 8.36. The van der Waals surface area contributed by atoms with Crippen molar-refractivity contribution in [2.24, 2.45) is 9.98 Å². The summed E-state index contributed by atoms with van der Waals surface area (Å²) in [4.78, 5) is 10.5. The van der Waals surface area contributed by atoms with Crippen LogP contribution in [0.4, 0.5) is 0 Å². The Morgan fingerprint density at radius 3 is 2.00 bits per heavy atom. The van der Waals surface area contributed by atoms with E-state index in [1.807, 2.05) is 72.8 Å². The van der Waals surface area contributed by atoms with E-state index < -0.39 is 0 Å². The average molecular weight is 568 g/mol. The molecule has 6 aromatic carbocycles. The van der Waals surface area contributed by atoms with Gasteiger partial charge in [-0.05, 0) is 53.1 Å². The van der Waals surface area contributed by atoms with Gasteiger partial charge in [-0.3, -0.25) is 0 Å². The lowest BCUT2D eigenvalue weighted by Crippen LogP contribution is -2.33. The molecule has 0 aliphatic carbocycles. The summed E-state index contributed by atoms with van der Waals surface area (Å²) in [5.74, 6) is 1.42. The van der Waals surface area contributed by atoms with Gasteiger partial charge >= 0.3 is 0 Å².